The van der Waals surface area contributed by atoms with Gasteiger partial charge in [-0.15, -0.1) is 0 Å². The van der Waals surface area contributed by atoms with E-state index in [1.54, 1.807) is 12.5 Å². The lowest BCUT2D eigenvalue weighted by Gasteiger charge is -1.98. The Kier molecular flexibility index (Phi) is 1.42. The minimum atomic E-state index is 1.09. The zero-order chi connectivity index (χ0) is 7.68. The van der Waals surface area contributed by atoms with Crippen LogP contribution in [0.25, 0.3) is 11.1 Å². The van der Waals surface area contributed by atoms with Gasteiger partial charge in [0.25, 0.3) is 0 Å². The van der Waals surface area contributed by atoms with E-state index >= 15 is 0 Å². The maximum atomic E-state index is 5.05. The van der Waals surface area contributed by atoms with Gasteiger partial charge in [0.1, 0.15) is 0 Å². The highest BCUT2D eigenvalue weighted by molar-refractivity contribution is 5.69. The van der Waals surface area contributed by atoms with Crippen LogP contribution in [0.15, 0.2) is 35.1 Å². The minimum Gasteiger partial charge on any atom is -0.472 e. The molecule has 0 atom stereocenters. The SMILES string of the molecule is CCc1ccc2coccc1-2. The van der Waals surface area contributed by atoms with E-state index in [-0.39, 0.29) is 0 Å². The van der Waals surface area contributed by atoms with Gasteiger partial charge >= 0.3 is 0 Å². The van der Waals surface area contributed by atoms with Gasteiger partial charge in [0.05, 0.1) is 12.5 Å². The van der Waals surface area contributed by atoms with Crippen LogP contribution in [-0.2, 0) is 6.42 Å². The molecule has 0 saturated heterocycles. The Bertz CT molecular complexity index is 322. The fourth-order valence-electron chi connectivity index (χ4n) is 1.39. The second-order valence-corrected chi connectivity index (χ2v) is 2.64. The van der Waals surface area contributed by atoms with Gasteiger partial charge in [0.15, 0.2) is 0 Å². The van der Waals surface area contributed by atoms with Crippen molar-refractivity contribution in [1.29, 1.82) is 0 Å². The lowest BCUT2D eigenvalue weighted by molar-refractivity contribution is 0.552. The van der Waals surface area contributed by atoms with E-state index in [2.05, 4.69) is 19.1 Å². The molecule has 0 aromatic rings. The van der Waals surface area contributed by atoms with Crippen LogP contribution in [0.1, 0.15) is 12.5 Å². The normalized spacial score (nSPS) is 10.6. The summed E-state index contributed by atoms with van der Waals surface area (Å²) < 4.78 is 5.05. The van der Waals surface area contributed by atoms with Crippen molar-refractivity contribution in [2.24, 2.45) is 0 Å². The molecule has 0 spiro atoms. The van der Waals surface area contributed by atoms with Crippen LogP contribution in [0.5, 0.6) is 0 Å². The van der Waals surface area contributed by atoms with Gasteiger partial charge in [0, 0.05) is 5.56 Å². The van der Waals surface area contributed by atoms with Crippen molar-refractivity contribution in [2.75, 3.05) is 0 Å². The zero-order valence-corrected chi connectivity index (χ0v) is 6.50. The van der Waals surface area contributed by atoms with Crippen molar-refractivity contribution >= 4 is 0 Å². The van der Waals surface area contributed by atoms with Crippen molar-refractivity contribution in [2.45, 2.75) is 13.3 Å². The Labute approximate surface area is 66.0 Å². The molecular formula is C10H10O. The predicted octanol–water partition coefficient (Wildman–Crippen LogP) is 2.95. The van der Waals surface area contributed by atoms with Crippen LogP contribution >= 0.6 is 0 Å². The third-order valence-corrected chi connectivity index (χ3v) is 2.01. The van der Waals surface area contributed by atoms with Crippen LogP contribution in [0.3, 0.4) is 0 Å². The summed E-state index contributed by atoms with van der Waals surface area (Å²) in [5.74, 6) is 0. The van der Waals surface area contributed by atoms with E-state index in [0.29, 0.717) is 0 Å². The van der Waals surface area contributed by atoms with Gasteiger partial charge in [-0.1, -0.05) is 19.1 Å². The first kappa shape index (κ1) is 6.47. The van der Waals surface area contributed by atoms with Crippen LogP contribution in [0.4, 0.5) is 0 Å². The summed E-state index contributed by atoms with van der Waals surface area (Å²) in [6, 6.07) is 6.27. The first-order valence-electron chi connectivity index (χ1n) is 3.85. The molecule has 2 rings (SSSR count). The Morgan fingerprint density at radius 2 is 2.18 bits per heavy atom. The Morgan fingerprint density at radius 3 is 3.00 bits per heavy atom. The second-order valence-electron chi connectivity index (χ2n) is 2.64. The molecule has 0 fully saturated rings. The molecule has 0 amide bonds. The van der Waals surface area contributed by atoms with Gasteiger partial charge in [-0.25, -0.2) is 0 Å². The first-order chi connectivity index (χ1) is 5.42. The average Bonchev–Trinajstić information content (AvgIpc) is 2.47. The van der Waals surface area contributed by atoms with E-state index in [0.717, 1.165) is 6.42 Å². The Morgan fingerprint density at radius 1 is 1.27 bits per heavy atom. The van der Waals surface area contributed by atoms with Crippen LogP contribution in [0.2, 0.25) is 0 Å². The van der Waals surface area contributed by atoms with E-state index < -0.39 is 0 Å². The highest BCUT2D eigenvalue weighted by Gasteiger charge is 2.06. The summed E-state index contributed by atoms with van der Waals surface area (Å²) in [7, 11) is 0. The first-order valence-corrected chi connectivity index (χ1v) is 3.85. The molecule has 0 aromatic heterocycles. The van der Waals surface area contributed by atoms with E-state index in [1.165, 1.54) is 16.7 Å². The number of aryl methyl sites for hydroxylation is 1. The number of fused-ring (bicyclic) bond motifs is 1. The van der Waals surface area contributed by atoms with E-state index in [4.69, 9.17) is 4.42 Å². The maximum Gasteiger partial charge on any atom is 0.0979 e. The van der Waals surface area contributed by atoms with E-state index in [1.807, 2.05) is 6.07 Å². The minimum absolute atomic E-state index is 1.09. The van der Waals surface area contributed by atoms with Gasteiger partial charge in [-0.3, -0.25) is 0 Å². The molecule has 0 aromatic carbocycles. The second kappa shape index (κ2) is 2.42. The average molecular weight is 146 g/mol. The fraction of sp³-hybridized carbons (Fsp3) is 0.200. The topological polar surface area (TPSA) is 13.1 Å². The zero-order valence-electron chi connectivity index (χ0n) is 6.50. The fourth-order valence-corrected chi connectivity index (χ4v) is 1.39. The predicted molar refractivity (Wildman–Crippen MR) is 44.7 cm³/mol. The molecule has 1 heteroatoms. The lowest BCUT2D eigenvalue weighted by atomic mass is 10.1. The molecule has 0 saturated carbocycles. The van der Waals surface area contributed by atoms with Gasteiger partial charge in [-0.2, -0.15) is 0 Å². The molecule has 1 aliphatic heterocycles. The molecule has 0 N–H and O–H groups in total. The third kappa shape index (κ3) is 0.929. The third-order valence-electron chi connectivity index (χ3n) is 2.01. The van der Waals surface area contributed by atoms with Crippen LogP contribution in [-0.4, -0.2) is 0 Å². The monoisotopic (exact) mass is 146 g/mol. The molecule has 2 aliphatic rings. The Hall–Kier alpha value is -1.24. The van der Waals surface area contributed by atoms with Gasteiger partial charge < -0.3 is 4.42 Å². The van der Waals surface area contributed by atoms with Gasteiger partial charge in [0.2, 0.25) is 0 Å². The lowest BCUT2D eigenvalue weighted by Crippen LogP contribution is -1.78. The summed E-state index contributed by atoms with van der Waals surface area (Å²) in [5.41, 5.74) is 3.92. The van der Waals surface area contributed by atoms with Crippen molar-refractivity contribution in [3.8, 4) is 11.1 Å². The molecule has 1 aliphatic carbocycles. The largest absolute Gasteiger partial charge is 0.472 e. The Balaban J connectivity index is 2.64. The number of rotatable bonds is 1. The summed E-state index contributed by atoms with van der Waals surface area (Å²) in [5, 5.41) is 0. The molecular weight excluding hydrogens is 136 g/mol. The molecule has 56 valence electrons. The molecule has 1 heterocycles. The van der Waals surface area contributed by atoms with Crippen molar-refractivity contribution in [3.63, 3.8) is 0 Å². The van der Waals surface area contributed by atoms with Crippen LogP contribution < -0.4 is 0 Å². The maximum absolute atomic E-state index is 5.05. The standard InChI is InChI=1S/C10H10O/c1-2-8-3-4-9-7-11-6-5-10(8)9/h3-7H,2H2,1H3. The highest BCUT2D eigenvalue weighted by Crippen LogP contribution is 2.27. The van der Waals surface area contributed by atoms with Crippen LogP contribution in [0, 0.1) is 0 Å². The summed E-state index contributed by atoms with van der Waals surface area (Å²) in [4.78, 5) is 0. The van der Waals surface area contributed by atoms with Crippen molar-refractivity contribution in [1.82, 2.24) is 0 Å². The molecule has 1 nitrogen and oxygen atoms in total. The molecule has 0 radical (unpaired) electrons. The molecule has 0 unspecified atom stereocenters. The summed E-state index contributed by atoms with van der Waals surface area (Å²) >= 11 is 0. The quantitative estimate of drug-likeness (QED) is 0.602. The molecule has 0 bridgehead atoms. The highest BCUT2D eigenvalue weighted by atomic mass is 16.3. The van der Waals surface area contributed by atoms with Crippen molar-refractivity contribution in [3.05, 3.63) is 36.3 Å². The number of hydrogen-bond acceptors (Lipinski definition) is 1. The molecule has 11 heavy (non-hydrogen) atoms. The number of hydrogen-bond donors (Lipinski definition) is 0. The van der Waals surface area contributed by atoms with Crippen molar-refractivity contribution < 1.29 is 4.42 Å². The van der Waals surface area contributed by atoms with Gasteiger partial charge in [-0.05, 0) is 23.6 Å². The summed E-state index contributed by atoms with van der Waals surface area (Å²) in [6.07, 6.45) is 4.60. The van der Waals surface area contributed by atoms with E-state index in [9.17, 15) is 0 Å². The summed E-state index contributed by atoms with van der Waals surface area (Å²) in [6.45, 7) is 2.17. The smallest absolute Gasteiger partial charge is 0.0979 e.